The van der Waals surface area contributed by atoms with Gasteiger partial charge in [-0.15, -0.1) is 0 Å². The van der Waals surface area contributed by atoms with Crippen molar-refractivity contribution in [3.05, 3.63) is 33.8 Å². The first-order valence-corrected chi connectivity index (χ1v) is 4.59. The Morgan fingerprint density at radius 3 is 2.23 bits per heavy atom. The number of hydrogen-bond acceptors (Lipinski definition) is 2. The van der Waals surface area contributed by atoms with E-state index in [0.29, 0.717) is 15.6 Å². The molecule has 0 aliphatic carbocycles. The molecule has 0 aliphatic rings. The maximum atomic E-state index is 9.46. The zero-order chi connectivity index (χ0) is 10.0. The first-order chi connectivity index (χ1) is 6.02. The number of benzene rings is 1. The van der Waals surface area contributed by atoms with Crippen molar-refractivity contribution in [2.75, 3.05) is 0 Å². The summed E-state index contributed by atoms with van der Waals surface area (Å²) in [5.41, 5.74) is 0.560. The van der Waals surface area contributed by atoms with Gasteiger partial charge in [0.05, 0.1) is 16.1 Å². The van der Waals surface area contributed by atoms with Gasteiger partial charge in [0.2, 0.25) is 0 Å². The molecule has 0 radical (unpaired) electrons. The van der Waals surface area contributed by atoms with Crippen LogP contribution in [0.15, 0.2) is 18.2 Å². The van der Waals surface area contributed by atoms with Gasteiger partial charge in [0.1, 0.15) is 6.10 Å². The maximum Gasteiger partial charge on any atom is 0.105 e. The third-order valence-corrected chi connectivity index (χ3v) is 2.48. The van der Waals surface area contributed by atoms with Crippen LogP contribution in [-0.4, -0.2) is 16.3 Å². The number of hydrogen-bond donors (Lipinski definition) is 2. The van der Waals surface area contributed by atoms with Gasteiger partial charge in [0.15, 0.2) is 0 Å². The van der Waals surface area contributed by atoms with Crippen LogP contribution in [0.25, 0.3) is 0 Å². The number of rotatable bonds is 2. The lowest BCUT2D eigenvalue weighted by atomic mass is 10.1. The molecule has 0 saturated heterocycles. The fourth-order valence-corrected chi connectivity index (χ4v) is 1.28. The summed E-state index contributed by atoms with van der Waals surface area (Å²) in [4.78, 5) is 0. The largest absolute Gasteiger partial charge is 0.390 e. The van der Waals surface area contributed by atoms with Crippen LogP contribution in [0, 0.1) is 0 Å². The second-order valence-electron chi connectivity index (χ2n) is 2.86. The Kier molecular flexibility index (Phi) is 3.56. The van der Waals surface area contributed by atoms with Crippen molar-refractivity contribution in [2.24, 2.45) is 0 Å². The Hall–Kier alpha value is -0.280. The molecule has 0 saturated carbocycles. The molecule has 0 unspecified atom stereocenters. The van der Waals surface area contributed by atoms with Gasteiger partial charge in [0, 0.05) is 0 Å². The summed E-state index contributed by atoms with van der Waals surface area (Å²) in [5, 5.41) is 19.4. The van der Waals surface area contributed by atoms with E-state index in [1.54, 1.807) is 18.2 Å². The minimum Gasteiger partial charge on any atom is -0.390 e. The summed E-state index contributed by atoms with van der Waals surface area (Å²) >= 11 is 11.4. The van der Waals surface area contributed by atoms with Gasteiger partial charge < -0.3 is 10.2 Å². The van der Waals surface area contributed by atoms with E-state index in [4.69, 9.17) is 28.3 Å². The number of aliphatic hydroxyl groups is 2. The lowest BCUT2D eigenvalue weighted by molar-refractivity contribution is 0.0305. The van der Waals surface area contributed by atoms with Crippen LogP contribution < -0.4 is 0 Å². The summed E-state index contributed by atoms with van der Waals surface area (Å²) in [6.45, 7) is 1.51. The fourth-order valence-electron chi connectivity index (χ4n) is 0.975. The molecule has 2 N–H and O–H groups in total. The minimum absolute atomic E-state index is 0.374. The molecule has 0 spiro atoms. The van der Waals surface area contributed by atoms with Crippen LogP contribution in [-0.2, 0) is 0 Å². The lowest BCUT2D eigenvalue weighted by Crippen LogP contribution is -2.13. The standard InChI is InChI=1S/C9H10Cl2O2/c1-5(12)9(13)6-2-3-7(10)8(11)4-6/h2-5,9,12-13H,1H3/t5-,9+/m1/s1. The highest BCUT2D eigenvalue weighted by atomic mass is 35.5. The first kappa shape index (κ1) is 10.8. The molecule has 2 nitrogen and oxygen atoms in total. The van der Waals surface area contributed by atoms with Crippen molar-refractivity contribution >= 4 is 23.2 Å². The van der Waals surface area contributed by atoms with E-state index >= 15 is 0 Å². The zero-order valence-corrected chi connectivity index (χ0v) is 8.55. The van der Waals surface area contributed by atoms with E-state index < -0.39 is 12.2 Å². The molecule has 0 amide bonds. The van der Waals surface area contributed by atoms with Gasteiger partial charge in [-0.2, -0.15) is 0 Å². The average molecular weight is 221 g/mol. The van der Waals surface area contributed by atoms with Crippen molar-refractivity contribution in [3.63, 3.8) is 0 Å². The molecule has 0 heterocycles. The Balaban J connectivity index is 2.97. The van der Waals surface area contributed by atoms with Crippen LogP contribution in [0.1, 0.15) is 18.6 Å². The van der Waals surface area contributed by atoms with Gasteiger partial charge >= 0.3 is 0 Å². The molecule has 0 fully saturated rings. The molecule has 1 aromatic carbocycles. The summed E-state index contributed by atoms with van der Waals surface area (Å²) < 4.78 is 0. The van der Waals surface area contributed by atoms with E-state index in [-0.39, 0.29) is 0 Å². The Morgan fingerprint density at radius 1 is 1.15 bits per heavy atom. The highest BCUT2D eigenvalue weighted by Crippen LogP contribution is 2.26. The second kappa shape index (κ2) is 4.29. The van der Waals surface area contributed by atoms with Crippen molar-refractivity contribution < 1.29 is 10.2 Å². The normalized spacial score (nSPS) is 15.5. The van der Waals surface area contributed by atoms with Gasteiger partial charge in [0.25, 0.3) is 0 Å². The fraction of sp³-hybridized carbons (Fsp3) is 0.333. The Morgan fingerprint density at radius 2 is 1.77 bits per heavy atom. The smallest absolute Gasteiger partial charge is 0.105 e. The lowest BCUT2D eigenvalue weighted by Gasteiger charge is -2.14. The van der Waals surface area contributed by atoms with Crippen molar-refractivity contribution in [3.8, 4) is 0 Å². The molecule has 72 valence electrons. The zero-order valence-electron chi connectivity index (χ0n) is 7.04. The molecule has 0 bridgehead atoms. The average Bonchev–Trinajstić information content (AvgIpc) is 2.08. The second-order valence-corrected chi connectivity index (χ2v) is 3.67. The van der Waals surface area contributed by atoms with E-state index in [2.05, 4.69) is 0 Å². The Bertz CT molecular complexity index is 300. The third kappa shape index (κ3) is 2.58. The molecule has 2 atom stereocenters. The summed E-state index contributed by atoms with van der Waals surface area (Å²) in [6, 6.07) is 4.76. The molecular formula is C9H10Cl2O2. The highest BCUT2D eigenvalue weighted by molar-refractivity contribution is 6.42. The van der Waals surface area contributed by atoms with Crippen LogP contribution in [0.4, 0.5) is 0 Å². The molecule has 0 aliphatic heterocycles. The first-order valence-electron chi connectivity index (χ1n) is 3.83. The predicted octanol–water partition coefficient (Wildman–Crippen LogP) is 2.41. The molecular weight excluding hydrogens is 211 g/mol. The van der Waals surface area contributed by atoms with Gasteiger partial charge in [-0.05, 0) is 24.6 Å². The maximum absolute atomic E-state index is 9.46. The summed E-state index contributed by atoms with van der Waals surface area (Å²) in [7, 11) is 0. The SMILES string of the molecule is C[C@@H](O)[C@H](O)c1ccc(Cl)c(Cl)c1. The molecule has 0 aromatic heterocycles. The minimum atomic E-state index is -0.922. The van der Waals surface area contributed by atoms with Gasteiger partial charge in [-0.25, -0.2) is 0 Å². The van der Waals surface area contributed by atoms with E-state index in [9.17, 15) is 5.11 Å². The number of halogens is 2. The van der Waals surface area contributed by atoms with Gasteiger partial charge in [-0.1, -0.05) is 29.3 Å². The van der Waals surface area contributed by atoms with Gasteiger partial charge in [-0.3, -0.25) is 0 Å². The van der Waals surface area contributed by atoms with E-state index in [1.807, 2.05) is 0 Å². The van der Waals surface area contributed by atoms with Crippen molar-refractivity contribution in [1.29, 1.82) is 0 Å². The molecule has 1 rings (SSSR count). The topological polar surface area (TPSA) is 40.5 Å². The molecule has 13 heavy (non-hydrogen) atoms. The predicted molar refractivity (Wildman–Crippen MR) is 53.1 cm³/mol. The van der Waals surface area contributed by atoms with Crippen molar-refractivity contribution in [1.82, 2.24) is 0 Å². The number of aliphatic hydroxyl groups excluding tert-OH is 2. The van der Waals surface area contributed by atoms with Crippen molar-refractivity contribution in [2.45, 2.75) is 19.1 Å². The van der Waals surface area contributed by atoms with Crippen LogP contribution in [0.2, 0.25) is 10.0 Å². The third-order valence-electron chi connectivity index (χ3n) is 1.74. The van der Waals surface area contributed by atoms with Crippen LogP contribution >= 0.6 is 23.2 Å². The van der Waals surface area contributed by atoms with E-state index in [1.165, 1.54) is 6.92 Å². The Labute approximate surface area is 86.7 Å². The molecule has 4 heteroatoms. The quantitative estimate of drug-likeness (QED) is 0.804. The summed E-state index contributed by atoms with van der Waals surface area (Å²) in [5.74, 6) is 0. The molecule has 1 aromatic rings. The van der Waals surface area contributed by atoms with Crippen LogP contribution in [0.3, 0.4) is 0 Å². The summed E-state index contributed by atoms with van der Waals surface area (Å²) in [6.07, 6.45) is -1.74. The highest BCUT2D eigenvalue weighted by Gasteiger charge is 2.14. The van der Waals surface area contributed by atoms with Crippen LogP contribution in [0.5, 0.6) is 0 Å². The monoisotopic (exact) mass is 220 g/mol. The van der Waals surface area contributed by atoms with E-state index in [0.717, 1.165) is 0 Å².